The molecule has 0 heterocycles. The summed E-state index contributed by atoms with van der Waals surface area (Å²) in [5, 5.41) is 8.87. The zero-order valence-electron chi connectivity index (χ0n) is 13.0. The number of nitrogens with one attached hydrogen (secondary N) is 1. The van der Waals surface area contributed by atoms with Crippen molar-refractivity contribution in [1.82, 2.24) is 5.48 Å². The lowest BCUT2D eigenvalue weighted by atomic mass is 9.99. The Morgan fingerprint density at radius 2 is 1.46 bits per heavy atom. The summed E-state index contributed by atoms with van der Waals surface area (Å²) in [5.74, 6) is -1.45. The van der Waals surface area contributed by atoms with E-state index >= 15 is 0 Å². The molecule has 0 saturated carbocycles. The summed E-state index contributed by atoms with van der Waals surface area (Å²) in [5.41, 5.74) is 2.72. The van der Waals surface area contributed by atoms with Crippen molar-refractivity contribution in [1.29, 1.82) is 0 Å². The van der Waals surface area contributed by atoms with Gasteiger partial charge < -0.3 is 9.47 Å². The van der Waals surface area contributed by atoms with E-state index < -0.39 is 17.8 Å². The molecule has 0 aliphatic heterocycles. The molecule has 2 rings (SSSR count). The van der Waals surface area contributed by atoms with Gasteiger partial charge in [0, 0.05) is 25.5 Å². The topological polar surface area (TPSA) is 102 Å². The third kappa shape index (κ3) is 4.17. The minimum absolute atomic E-state index is 0.162. The monoisotopic (exact) mass is 329 g/mol. The van der Waals surface area contributed by atoms with E-state index in [4.69, 9.17) is 14.7 Å². The number of ether oxygens (including phenoxy) is 2. The Hall–Kier alpha value is -3.19. The number of benzene rings is 2. The van der Waals surface area contributed by atoms with Gasteiger partial charge in [-0.25, -0.2) is 5.48 Å². The number of esters is 2. The van der Waals surface area contributed by atoms with Crippen LogP contribution in [-0.4, -0.2) is 23.1 Å². The smallest absolute Gasteiger partial charge is 0.308 e. The predicted octanol–water partition coefficient (Wildman–Crippen LogP) is 2.32. The maximum atomic E-state index is 11.8. The van der Waals surface area contributed by atoms with Gasteiger partial charge in [-0.05, 0) is 29.3 Å². The Balaban J connectivity index is 2.58. The molecule has 2 aromatic rings. The third-order valence-corrected chi connectivity index (χ3v) is 2.99. The molecule has 0 aliphatic carbocycles. The van der Waals surface area contributed by atoms with Gasteiger partial charge in [0.05, 0.1) is 0 Å². The van der Waals surface area contributed by atoms with Crippen molar-refractivity contribution in [3.8, 4) is 22.6 Å². The normalized spacial score (nSPS) is 9.96. The Labute approximate surface area is 137 Å². The molecule has 1 amide bonds. The van der Waals surface area contributed by atoms with Crippen molar-refractivity contribution >= 4 is 17.8 Å². The van der Waals surface area contributed by atoms with Gasteiger partial charge in [-0.1, -0.05) is 18.2 Å². The molecule has 124 valence electrons. The number of hydrogen-bond acceptors (Lipinski definition) is 6. The molecule has 0 radical (unpaired) electrons. The van der Waals surface area contributed by atoms with Gasteiger partial charge in [0.1, 0.15) is 11.5 Å². The van der Waals surface area contributed by atoms with Crippen molar-refractivity contribution in [3.05, 3.63) is 48.0 Å². The van der Waals surface area contributed by atoms with Crippen LogP contribution in [0.5, 0.6) is 11.5 Å². The van der Waals surface area contributed by atoms with E-state index in [-0.39, 0.29) is 17.1 Å². The summed E-state index contributed by atoms with van der Waals surface area (Å²) in [4.78, 5) is 34.2. The fourth-order valence-electron chi connectivity index (χ4n) is 2.17. The molecule has 0 aliphatic rings. The van der Waals surface area contributed by atoms with Gasteiger partial charge in [0.2, 0.25) is 0 Å². The van der Waals surface area contributed by atoms with Crippen LogP contribution < -0.4 is 15.0 Å². The summed E-state index contributed by atoms with van der Waals surface area (Å²) < 4.78 is 10.1. The van der Waals surface area contributed by atoms with E-state index in [1.807, 2.05) is 0 Å². The van der Waals surface area contributed by atoms with E-state index in [0.717, 1.165) is 0 Å². The number of rotatable bonds is 4. The summed E-state index contributed by atoms with van der Waals surface area (Å²) in [6, 6.07) is 10.9. The molecular weight excluding hydrogens is 314 g/mol. The lowest BCUT2D eigenvalue weighted by Gasteiger charge is -2.12. The first-order valence-corrected chi connectivity index (χ1v) is 6.96. The maximum absolute atomic E-state index is 11.8. The summed E-state index contributed by atoms with van der Waals surface area (Å²) >= 11 is 0. The molecule has 0 fully saturated rings. The number of hydroxylamine groups is 1. The van der Waals surface area contributed by atoms with Crippen molar-refractivity contribution in [3.63, 3.8) is 0 Å². The number of amides is 1. The highest BCUT2D eigenvalue weighted by atomic mass is 16.5. The van der Waals surface area contributed by atoms with E-state index in [0.29, 0.717) is 11.1 Å². The van der Waals surface area contributed by atoms with Crippen molar-refractivity contribution < 1.29 is 29.1 Å². The predicted molar refractivity (Wildman–Crippen MR) is 83.7 cm³/mol. The van der Waals surface area contributed by atoms with Crippen LogP contribution in [0.4, 0.5) is 0 Å². The van der Waals surface area contributed by atoms with Gasteiger partial charge in [-0.2, -0.15) is 0 Å². The molecular formula is C17H15NO6. The second-order valence-corrected chi connectivity index (χ2v) is 4.87. The van der Waals surface area contributed by atoms with Crippen LogP contribution >= 0.6 is 0 Å². The highest BCUT2D eigenvalue weighted by molar-refractivity contribution is 6.00. The van der Waals surface area contributed by atoms with E-state index in [1.54, 1.807) is 23.7 Å². The highest BCUT2D eigenvalue weighted by Gasteiger charge is 2.15. The van der Waals surface area contributed by atoms with Crippen molar-refractivity contribution in [2.75, 3.05) is 0 Å². The second-order valence-electron chi connectivity index (χ2n) is 4.87. The Morgan fingerprint density at radius 3 is 1.96 bits per heavy atom. The summed E-state index contributed by atoms with van der Waals surface area (Å²) in [6.07, 6.45) is 0. The van der Waals surface area contributed by atoms with Crippen LogP contribution in [0.3, 0.4) is 0 Å². The van der Waals surface area contributed by atoms with Crippen molar-refractivity contribution in [2.24, 2.45) is 0 Å². The molecule has 7 nitrogen and oxygen atoms in total. The Bertz CT molecular complexity index is 765. The van der Waals surface area contributed by atoms with Gasteiger partial charge in [-0.3, -0.25) is 19.6 Å². The third-order valence-electron chi connectivity index (χ3n) is 2.99. The first-order valence-electron chi connectivity index (χ1n) is 6.96. The van der Waals surface area contributed by atoms with Gasteiger partial charge in [0.25, 0.3) is 5.91 Å². The molecule has 2 aromatic carbocycles. The van der Waals surface area contributed by atoms with Crippen LogP contribution in [0, 0.1) is 0 Å². The fourth-order valence-corrected chi connectivity index (χ4v) is 2.17. The van der Waals surface area contributed by atoms with E-state index in [2.05, 4.69) is 0 Å². The van der Waals surface area contributed by atoms with Crippen molar-refractivity contribution in [2.45, 2.75) is 13.8 Å². The van der Waals surface area contributed by atoms with Crippen LogP contribution in [-0.2, 0) is 9.59 Å². The molecule has 0 bridgehead atoms. The van der Waals surface area contributed by atoms with Gasteiger partial charge in [0.15, 0.2) is 0 Å². The van der Waals surface area contributed by atoms with Crippen LogP contribution in [0.15, 0.2) is 42.5 Å². The molecule has 0 unspecified atom stereocenters. The second kappa shape index (κ2) is 7.38. The average molecular weight is 329 g/mol. The quantitative estimate of drug-likeness (QED) is 0.386. The molecule has 7 heteroatoms. The summed E-state index contributed by atoms with van der Waals surface area (Å²) in [7, 11) is 0. The number of hydrogen-bond donors (Lipinski definition) is 2. The largest absolute Gasteiger partial charge is 0.427 e. The first kappa shape index (κ1) is 17.2. The lowest BCUT2D eigenvalue weighted by molar-refractivity contribution is -0.132. The molecule has 2 N–H and O–H groups in total. The fraction of sp³-hybridized carbons (Fsp3) is 0.118. The first-order chi connectivity index (χ1) is 11.4. The Kier molecular flexibility index (Phi) is 5.28. The SMILES string of the molecule is CC(=O)Oc1cc(OC(C)=O)cc(-c2ccccc2C(=O)NO)c1. The summed E-state index contributed by atoms with van der Waals surface area (Å²) in [6.45, 7) is 2.48. The van der Waals surface area contributed by atoms with Gasteiger partial charge in [-0.15, -0.1) is 0 Å². The number of carbonyl (C=O) groups is 3. The zero-order chi connectivity index (χ0) is 17.7. The van der Waals surface area contributed by atoms with E-state index in [9.17, 15) is 14.4 Å². The minimum Gasteiger partial charge on any atom is -0.427 e. The van der Waals surface area contributed by atoms with Gasteiger partial charge >= 0.3 is 11.9 Å². The minimum atomic E-state index is -0.697. The van der Waals surface area contributed by atoms with Crippen LogP contribution in [0.25, 0.3) is 11.1 Å². The zero-order valence-corrected chi connectivity index (χ0v) is 13.0. The Morgan fingerprint density at radius 1 is 0.917 bits per heavy atom. The molecule has 0 atom stereocenters. The molecule has 24 heavy (non-hydrogen) atoms. The molecule has 0 aromatic heterocycles. The van der Waals surface area contributed by atoms with E-state index in [1.165, 1.54) is 38.1 Å². The standard InChI is InChI=1S/C17H15NO6/c1-10(19)23-13-7-12(8-14(9-13)24-11(2)20)15-5-3-4-6-16(15)17(21)18-22/h3-9,22H,1-2H3,(H,18,21). The maximum Gasteiger partial charge on any atom is 0.308 e. The molecule has 0 spiro atoms. The van der Waals surface area contributed by atoms with Crippen LogP contribution in [0.2, 0.25) is 0 Å². The van der Waals surface area contributed by atoms with Crippen LogP contribution in [0.1, 0.15) is 24.2 Å². The highest BCUT2D eigenvalue weighted by Crippen LogP contribution is 2.32. The number of carbonyl (C=O) groups excluding carboxylic acids is 3. The lowest BCUT2D eigenvalue weighted by Crippen LogP contribution is -2.19. The average Bonchev–Trinajstić information content (AvgIpc) is 2.52. The molecule has 0 saturated heterocycles.